The lowest BCUT2D eigenvalue weighted by Gasteiger charge is -2.09. The summed E-state index contributed by atoms with van der Waals surface area (Å²) in [6.07, 6.45) is 0. The van der Waals surface area contributed by atoms with Gasteiger partial charge < -0.3 is 5.32 Å². The summed E-state index contributed by atoms with van der Waals surface area (Å²) in [7, 11) is 0. The van der Waals surface area contributed by atoms with E-state index in [0.717, 1.165) is 21.3 Å². The van der Waals surface area contributed by atoms with E-state index in [1.54, 1.807) is 12.1 Å². The normalized spacial score (nSPS) is 10.3. The van der Waals surface area contributed by atoms with Crippen LogP contribution in [0.5, 0.6) is 0 Å². The smallest absolute Gasteiger partial charge is 0.255 e. The maximum Gasteiger partial charge on any atom is 0.255 e. The van der Waals surface area contributed by atoms with Gasteiger partial charge in [-0.15, -0.1) is 11.6 Å². The maximum absolute atomic E-state index is 12.1. The topological polar surface area (TPSA) is 29.1 Å². The highest BCUT2D eigenvalue weighted by atomic mass is 79.9. The largest absolute Gasteiger partial charge is 0.322 e. The van der Waals surface area contributed by atoms with Gasteiger partial charge in [0, 0.05) is 21.6 Å². The maximum atomic E-state index is 12.1. The number of hydrogen-bond acceptors (Lipinski definition) is 1. The number of carbonyl (C=O) groups excluding carboxylic acids is 1. The number of alkyl halides is 1. The molecular weight excluding hydrogens is 326 g/mol. The summed E-state index contributed by atoms with van der Waals surface area (Å²) in [4.78, 5) is 12.1. The number of halogens is 2. The Morgan fingerprint density at radius 1 is 1.21 bits per heavy atom. The lowest BCUT2D eigenvalue weighted by Crippen LogP contribution is -2.12. The molecule has 2 aromatic rings. The zero-order valence-corrected chi connectivity index (χ0v) is 12.8. The van der Waals surface area contributed by atoms with E-state index in [1.807, 2.05) is 37.3 Å². The lowest BCUT2D eigenvalue weighted by atomic mass is 10.1. The molecule has 1 amide bonds. The SMILES string of the molecule is Cc1ccc(Br)cc1NC(=O)c1ccc(CCl)cc1. The first-order valence-electron chi connectivity index (χ1n) is 5.82. The predicted molar refractivity (Wildman–Crippen MR) is 82.8 cm³/mol. The molecule has 0 aliphatic heterocycles. The molecule has 2 aromatic carbocycles. The molecule has 0 aliphatic rings. The third kappa shape index (κ3) is 3.58. The highest BCUT2D eigenvalue weighted by molar-refractivity contribution is 9.10. The third-order valence-corrected chi connectivity index (χ3v) is 3.62. The van der Waals surface area contributed by atoms with Crippen LogP contribution in [-0.4, -0.2) is 5.91 Å². The van der Waals surface area contributed by atoms with Crippen molar-refractivity contribution in [2.45, 2.75) is 12.8 Å². The van der Waals surface area contributed by atoms with Crippen LogP contribution >= 0.6 is 27.5 Å². The Morgan fingerprint density at radius 2 is 1.89 bits per heavy atom. The number of hydrogen-bond donors (Lipinski definition) is 1. The van der Waals surface area contributed by atoms with Crippen LogP contribution in [-0.2, 0) is 5.88 Å². The first-order valence-corrected chi connectivity index (χ1v) is 7.15. The van der Waals surface area contributed by atoms with Crippen molar-refractivity contribution in [3.63, 3.8) is 0 Å². The first-order chi connectivity index (χ1) is 9.10. The zero-order valence-electron chi connectivity index (χ0n) is 10.4. The summed E-state index contributed by atoms with van der Waals surface area (Å²) in [5, 5.41) is 2.90. The minimum Gasteiger partial charge on any atom is -0.322 e. The van der Waals surface area contributed by atoms with Crippen LogP contribution in [0, 0.1) is 6.92 Å². The average molecular weight is 339 g/mol. The van der Waals surface area contributed by atoms with E-state index in [0.29, 0.717) is 11.4 Å². The van der Waals surface area contributed by atoms with Crippen molar-refractivity contribution in [1.82, 2.24) is 0 Å². The fourth-order valence-corrected chi connectivity index (χ4v) is 2.21. The molecule has 2 nitrogen and oxygen atoms in total. The van der Waals surface area contributed by atoms with E-state index in [-0.39, 0.29) is 5.91 Å². The predicted octanol–water partition coefficient (Wildman–Crippen LogP) is 4.75. The standard InChI is InChI=1S/C15H13BrClNO/c1-10-2-7-13(16)8-14(10)18-15(19)12-5-3-11(9-17)4-6-12/h2-8H,9H2,1H3,(H,18,19). The molecule has 0 atom stereocenters. The van der Waals surface area contributed by atoms with Crippen molar-refractivity contribution in [3.8, 4) is 0 Å². The minimum atomic E-state index is -0.123. The van der Waals surface area contributed by atoms with Crippen molar-refractivity contribution in [2.24, 2.45) is 0 Å². The average Bonchev–Trinajstić information content (AvgIpc) is 2.43. The van der Waals surface area contributed by atoms with Crippen molar-refractivity contribution >= 4 is 39.1 Å². The van der Waals surface area contributed by atoms with Crippen LogP contribution in [0.4, 0.5) is 5.69 Å². The molecule has 0 unspecified atom stereocenters. The summed E-state index contributed by atoms with van der Waals surface area (Å²) in [6.45, 7) is 1.96. The Balaban J connectivity index is 2.18. The molecule has 2 rings (SSSR count). The van der Waals surface area contributed by atoms with Crippen LogP contribution in [0.15, 0.2) is 46.9 Å². The molecular formula is C15H13BrClNO. The van der Waals surface area contributed by atoms with Crippen LogP contribution in [0.3, 0.4) is 0 Å². The number of anilines is 1. The van der Waals surface area contributed by atoms with Gasteiger partial charge in [0.25, 0.3) is 5.91 Å². The van der Waals surface area contributed by atoms with Gasteiger partial charge >= 0.3 is 0 Å². The number of rotatable bonds is 3. The molecule has 0 saturated heterocycles. The molecule has 0 radical (unpaired) electrons. The van der Waals surface area contributed by atoms with Crippen LogP contribution < -0.4 is 5.32 Å². The van der Waals surface area contributed by atoms with E-state index >= 15 is 0 Å². The first kappa shape index (κ1) is 14.1. The number of aryl methyl sites for hydroxylation is 1. The van der Waals surface area contributed by atoms with Gasteiger partial charge in [0.2, 0.25) is 0 Å². The van der Waals surface area contributed by atoms with Gasteiger partial charge in [-0.3, -0.25) is 4.79 Å². The monoisotopic (exact) mass is 337 g/mol. The van der Waals surface area contributed by atoms with Gasteiger partial charge in [0.1, 0.15) is 0 Å². The van der Waals surface area contributed by atoms with Gasteiger partial charge in [-0.25, -0.2) is 0 Å². The molecule has 0 bridgehead atoms. The number of benzene rings is 2. The van der Waals surface area contributed by atoms with Crippen molar-refractivity contribution in [3.05, 3.63) is 63.6 Å². The van der Waals surface area contributed by atoms with Crippen molar-refractivity contribution < 1.29 is 4.79 Å². The van der Waals surface area contributed by atoms with Gasteiger partial charge in [-0.2, -0.15) is 0 Å². The van der Waals surface area contributed by atoms with Gasteiger partial charge in [-0.1, -0.05) is 34.1 Å². The molecule has 0 saturated carbocycles. The number of amides is 1. The molecule has 19 heavy (non-hydrogen) atoms. The van der Waals surface area contributed by atoms with E-state index in [1.165, 1.54) is 0 Å². The Bertz CT molecular complexity index is 596. The van der Waals surface area contributed by atoms with Gasteiger partial charge in [-0.05, 0) is 42.3 Å². The molecule has 0 aromatic heterocycles. The highest BCUT2D eigenvalue weighted by Crippen LogP contribution is 2.21. The summed E-state index contributed by atoms with van der Waals surface area (Å²) in [5.41, 5.74) is 3.44. The van der Waals surface area contributed by atoms with Crippen molar-refractivity contribution in [2.75, 3.05) is 5.32 Å². The summed E-state index contributed by atoms with van der Waals surface area (Å²) in [6, 6.07) is 13.1. The molecule has 0 aliphatic carbocycles. The minimum absolute atomic E-state index is 0.123. The summed E-state index contributed by atoms with van der Waals surface area (Å²) in [5.74, 6) is 0.328. The Kier molecular flexibility index (Phi) is 4.61. The third-order valence-electron chi connectivity index (χ3n) is 2.82. The Hall–Kier alpha value is -1.32. The van der Waals surface area contributed by atoms with Crippen molar-refractivity contribution in [1.29, 1.82) is 0 Å². The lowest BCUT2D eigenvalue weighted by molar-refractivity contribution is 0.102. The highest BCUT2D eigenvalue weighted by Gasteiger charge is 2.08. The van der Waals surface area contributed by atoms with Crippen LogP contribution in [0.1, 0.15) is 21.5 Å². The second kappa shape index (κ2) is 6.22. The van der Waals surface area contributed by atoms with Crippen LogP contribution in [0.2, 0.25) is 0 Å². The second-order valence-electron chi connectivity index (χ2n) is 4.24. The molecule has 4 heteroatoms. The zero-order chi connectivity index (χ0) is 13.8. The van der Waals surface area contributed by atoms with E-state index in [2.05, 4.69) is 21.2 Å². The fraction of sp³-hybridized carbons (Fsp3) is 0.133. The fourth-order valence-electron chi connectivity index (χ4n) is 1.67. The molecule has 0 spiro atoms. The summed E-state index contributed by atoms with van der Waals surface area (Å²) < 4.78 is 0.936. The second-order valence-corrected chi connectivity index (χ2v) is 5.43. The molecule has 1 N–H and O–H groups in total. The quantitative estimate of drug-likeness (QED) is 0.804. The number of nitrogens with one attached hydrogen (secondary N) is 1. The van der Waals surface area contributed by atoms with Gasteiger partial charge in [0.15, 0.2) is 0 Å². The molecule has 98 valence electrons. The van der Waals surface area contributed by atoms with Crippen LogP contribution in [0.25, 0.3) is 0 Å². The number of carbonyl (C=O) groups is 1. The van der Waals surface area contributed by atoms with Gasteiger partial charge in [0.05, 0.1) is 0 Å². The Morgan fingerprint density at radius 3 is 2.53 bits per heavy atom. The van der Waals surface area contributed by atoms with E-state index in [4.69, 9.17) is 11.6 Å². The Labute approximate surface area is 125 Å². The molecule has 0 heterocycles. The van der Waals surface area contributed by atoms with E-state index < -0.39 is 0 Å². The van der Waals surface area contributed by atoms with E-state index in [9.17, 15) is 4.79 Å². The molecule has 0 fully saturated rings. The summed E-state index contributed by atoms with van der Waals surface area (Å²) >= 11 is 9.12.